The van der Waals surface area contributed by atoms with E-state index in [0.29, 0.717) is 6.54 Å². The summed E-state index contributed by atoms with van der Waals surface area (Å²) in [6.07, 6.45) is 4.11. The van der Waals surface area contributed by atoms with Crippen LogP contribution < -0.4 is 10.1 Å². The van der Waals surface area contributed by atoms with Gasteiger partial charge >= 0.3 is 0 Å². The van der Waals surface area contributed by atoms with Crippen LogP contribution in [-0.2, 0) is 22.6 Å². The van der Waals surface area contributed by atoms with E-state index >= 15 is 0 Å². The topological polar surface area (TPSA) is 58.6 Å². The third kappa shape index (κ3) is 6.27. The van der Waals surface area contributed by atoms with Crippen LogP contribution in [0.2, 0.25) is 0 Å². The monoisotopic (exact) mass is 380 g/mol. The summed E-state index contributed by atoms with van der Waals surface area (Å²) in [5.41, 5.74) is 3.20. The highest BCUT2D eigenvalue weighted by molar-refractivity contribution is 5.95. The van der Waals surface area contributed by atoms with Gasteiger partial charge in [0.1, 0.15) is 11.8 Å². The summed E-state index contributed by atoms with van der Waals surface area (Å²) in [6, 6.07) is 15.0. The van der Waals surface area contributed by atoms with E-state index in [1.165, 1.54) is 11.6 Å². The van der Waals surface area contributed by atoms with Crippen LogP contribution in [0.4, 0.5) is 0 Å². The number of nitrogens with zero attached hydrogens (tertiary/aromatic N) is 1. The van der Waals surface area contributed by atoms with Crippen molar-refractivity contribution in [3.63, 3.8) is 0 Å². The van der Waals surface area contributed by atoms with Crippen LogP contribution in [0.3, 0.4) is 0 Å². The van der Waals surface area contributed by atoms with Gasteiger partial charge in [-0.1, -0.05) is 43.3 Å². The maximum atomic E-state index is 12.5. The van der Waals surface area contributed by atoms with Crippen molar-refractivity contribution in [1.29, 1.82) is 0 Å². The van der Waals surface area contributed by atoms with E-state index in [-0.39, 0.29) is 11.8 Å². The van der Waals surface area contributed by atoms with Crippen LogP contribution >= 0.6 is 0 Å². The molecular formula is C23H28N2O3. The Morgan fingerprint density at radius 1 is 1.07 bits per heavy atom. The van der Waals surface area contributed by atoms with Gasteiger partial charge in [0.2, 0.25) is 11.8 Å². The van der Waals surface area contributed by atoms with Crippen molar-refractivity contribution < 1.29 is 14.3 Å². The van der Waals surface area contributed by atoms with Crippen LogP contribution in [0.25, 0.3) is 6.08 Å². The molecule has 2 amide bonds. The van der Waals surface area contributed by atoms with Gasteiger partial charge in [0, 0.05) is 19.7 Å². The highest BCUT2D eigenvalue weighted by Crippen LogP contribution is 2.12. The van der Waals surface area contributed by atoms with Crippen molar-refractivity contribution in [2.24, 2.45) is 0 Å². The van der Waals surface area contributed by atoms with E-state index in [9.17, 15) is 9.59 Å². The smallest absolute Gasteiger partial charge is 0.244 e. The van der Waals surface area contributed by atoms with Gasteiger partial charge in [-0.15, -0.1) is 0 Å². The molecule has 0 radical (unpaired) electrons. The van der Waals surface area contributed by atoms with Crippen molar-refractivity contribution in [2.75, 3.05) is 14.2 Å². The van der Waals surface area contributed by atoms with Crippen LogP contribution in [0.15, 0.2) is 54.6 Å². The first-order chi connectivity index (χ1) is 13.4. The first-order valence-electron chi connectivity index (χ1n) is 9.38. The summed E-state index contributed by atoms with van der Waals surface area (Å²) < 4.78 is 5.10. The fourth-order valence-electron chi connectivity index (χ4n) is 2.77. The molecule has 0 saturated carbocycles. The Balaban J connectivity index is 1.86. The number of ether oxygens (including phenoxy) is 1. The third-order valence-corrected chi connectivity index (χ3v) is 4.50. The molecule has 1 N–H and O–H groups in total. The molecule has 2 aromatic carbocycles. The average Bonchev–Trinajstić information content (AvgIpc) is 2.72. The summed E-state index contributed by atoms with van der Waals surface area (Å²) in [7, 11) is 3.35. The second kappa shape index (κ2) is 10.3. The first-order valence-corrected chi connectivity index (χ1v) is 9.38. The number of methoxy groups -OCH3 is 1. The zero-order chi connectivity index (χ0) is 20.5. The maximum Gasteiger partial charge on any atom is 0.244 e. The Hall–Kier alpha value is -3.08. The number of carbonyl (C=O) groups is 2. The highest BCUT2D eigenvalue weighted by Gasteiger charge is 2.18. The Bertz CT molecular complexity index is 811. The molecule has 0 aliphatic heterocycles. The van der Waals surface area contributed by atoms with Gasteiger partial charge in [0.25, 0.3) is 0 Å². The van der Waals surface area contributed by atoms with E-state index in [0.717, 1.165) is 23.3 Å². The number of nitrogens with one attached hydrogen (secondary N) is 1. The molecule has 28 heavy (non-hydrogen) atoms. The molecule has 5 heteroatoms. The molecule has 2 aromatic rings. The Labute approximate surface area is 167 Å². The molecule has 2 rings (SSSR count). The lowest BCUT2D eigenvalue weighted by atomic mass is 10.1. The van der Waals surface area contributed by atoms with Gasteiger partial charge in [-0.25, -0.2) is 0 Å². The van der Waals surface area contributed by atoms with E-state index < -0.39 is 6.04 Å². The summed E-state index contributed by atoms with van der Waals surface area (Å²) in [5, 5.41) is 2.72. The Morgan fingerprint density at radius 2 is 1.68 bits per heavy atom. The van der Waals surface area contributed by atoms with Crippen molar-refractivity contribution >= 4 is 17.9 Å². The van der Waals surface area contributed by atoms with Gasteiger partial charge in [-0.3, -0.25) is 9.59 Å². The third-order valence-electron chi connectivity index (χ3n) is 4.50. The van der Waals surface area contributed by atoms with Crippen LogP contribution in [0.1, 0.15) is 30.5 Å². The minimum Gasteiger partial charge on any atom is -0.497 e. The summed E-state index contributed by atoms with van der Waals surface area (Å²) in [5.74, 6) is 0.316. The fourth-order valence-corrected chi connectivity index (χ4v) is 2.77. The molecule has 5 nitrogen and oxygen atoms in total. The van der Waals surface area contributed by atoms with Crippen molar-refractivity contribution in [1.82, 2.24) is 10.2 Å². The summed E-state index contributed by atoms with van der Waals surface area (Å²) in [6.45, 7) is 4.31. The van der Waals surface area contributed by atoms with Gasteiger partial charge in [-0.2, -0.15) is 0 Å². The number of hydrogen-bond acceptors (Lipinski definition) is 3. The number of likely N-dealkylation sites (N-methyl/N-ethyl adjacent to an activating group) is 1. The second-order valence-electron chi connectivity index (χ2n) is 6.70. The van der Waals surface area contributed by atoms with Crippen LogP contribution in [0.5, 0.6) is 5.75 Å². The van der Waals surface area contributed by atoms with Crippen LogP contribution in [0, 0.1) is 0 Å². The Morgan fingerprint density at radius 3 is 2.25 bits per heavy atom. The molecule has 0 aliphatic rings. The predicted octanol–water partition coefficient (Wildman–Crippen LogP) is 3.43. The average molecular weight is 380 g/mol. The molecule has 0 spiro atoms. The van der Waals surface area contributed by atoms with Crippen molar-refractivity contribution in [3.05, 3.63) is 71.3 Å². The molecule has 0 aliphatic carbocycles. The van der Waals surface area contributed by atoms with Gasteiger partial charge in [0.15, 0.2) is 0 Å². The summed E-state index contributed by atoms with van der Waals surface area (Å²) >= 11 is 0. The van der Waals surface area contributed by atoms with E-state index in [2.05, 4.69) is 24.4 Å². The lowest BCUT2D eigenvalue weighted by molar-refractivity contribution is -0.134. The highest BCUT2D eigenvalue weighted by atomic mass is 16.5. The predicted molar refractivity (Wildman–Crippen MR) is 112 cm³/mol. The standard InChI is InChI=1S/C23H28N2O3/c1-5-18-6-8-20(9-7-18)16-25(3)23(27)17(2)24-22(26)15-12-19-10-13-21(28-4)14-11-19/h6-15,17H,5,16H2,1-4H3,(H,24,26)/b15-12+. The number of aryl methyl sites for hydroxylation is 1. The fraction of sp³-hybridized carbons (Fsp3) is 0.304. The quantitative estimate of drug-likeness (QED) is 0.714. The molecule has 0 aromatic heterocycles. The van der Waals surface area contributed by atoms with E-state index in [4.69, 9.17) is 4.74 Å². The van der Waals surface area contributed by atoms with E-state index in [1.807, 2.05) is 36.4 Å². The molecule has 0 fully saturated rings. The van der Waals surface area contributed by atoms with E-state index in [1.54, 1.807) is 32.1 Å². The Kier molecular flexibility index (Phi) is 7.81. The molecule has 1 atom stereocenters. The van der Waals surface area contributed by atoms with Crippen molar-refractivity contribution in [2.45, 2.75) is 32.9 Å². The van der Waals surface area contributed by atoms with Crippen molar-refractivity contribution in [3.8, 4) is 5.75 Å². The summed E-state index contributed by atoms with van der Waals surface area (Å²) in [4.78, 5) is 26.3. The lowest BCUT2D eigenvalue weighted by Gasteiger charge is -2.22. The zero-order valence-corrected chi connectivity index (χ0v) is 16.9. The number of rotatable bonds is 8. The minimum absolute atomic E-state index is 0.134. The molecule has 0 heterocycles. The number of hydrogen-bond donors (Lipinski definition) is 1. The molecule has 1 unspecified atom stereocenters. The molecule has 0 bridgehead atoms. The zero-order valence-electron chi connectivity index (χ0n) is 16.9. The van der Waals surface area contributed by atoms with Gasteiger partial charge < -0.3 is 15.0 Å². The number of benzene rings is 2. The minimum atomic E-state index is -0.604. The van der Waals surface area contributed by atoms with Crippen LogP contribution in [-0.4, -0.2) is 36.9 Å². The SMILES string of the molecule is CCc1ccc(CN(C)C(=O)C(C)NC(=O)/C=C/c2ccc(OC)cc2)cc1. The largest absolute Gasteiger partial charge is 0.497 e. The lowest BCUT2D eigenvalue weighted by Crippen LogP contribution is -2.44. The molecule has 148 valence electrons. The van der Waals surface area contributed by atoms with Gasteiger partial charge in [-0.05, 0) is 48.2 Å². The number of carbonyl (C=O) groups excluding carboxylic acids is 2. The number of amides is 2. The maximum absolute atomic E-state index is 12.5. The first kappa shape index (κ1) is 21.2. The van der Waals surface area contributed by atoms with Gasteiger partial charge in [0.05, 0.1) is 7.11 Å². The molecular weight excluding hydrogens is 352 g/mol. The molecule has 0 saturated heterocycles. The normalized spacial score (nSPS) is 11.9. The second-order valence-corrected chi connectivity index (χ2v) is 6.70.